The topological polar surface area (TPSA) is 11.0 Å². The number of hydrogen-bond acceptors (Lipinski definition) is 1. The number of fused-ring (bicyclic) bond motifs is 5. The summed E-state index contributed by atoms with van der Waals surface area (Å²) in [5.74, 6) is 0. The monoisotopic (exact) mass is 607 g/mol. The molecule has 46 heavy (non-hydrogen) atoms. The van der Waals surface area contributed by atoms with Crippen molar-refractivity contribution in [1.82, 2.24) is 0 Å². The molecule has 3 heteroatoms. The molecule has 0 saturated heterocycles. The number of unbranched alkanes of at least 4 members (excludes halogenated alkanes) is 1. The van der Waals surface area contributed by atoms with E-state index in [1.54, 1.807) is 0 Å². The average molecular weight is 608 g/mol. The summed E-state index contributed by atoms with van der Waals surface area (Å²) in [5, 5.41) is 2.95. The summed E-state index contributed by atoms with van der Waals surface area (Å²) in [5.41, 5.74) is 13.9. The molecule has 0 N–H and O–H groups in total. The van der Waals surface area contributed by atoms with Crippen LogP contribution in [0.2, 0.25) is 0 Å². The van der Waals surface area contributed by atoms with Gasteiger partial charge in [0.1, 0.15) is 0 Å². The van der Waals surface area contributed by atoms with Gasteiger partial charge in [-0.3, -0.25) is 0 Å². The summed E-state index contributed by atoms with van der Waals surface area (Å²) in [6, 6.07) is 28.7. The third-order valence-corrected chi connectivity index (χ3v) is 12.3. The summed E-state index contributed by atoms with van der Waals surface area (Å²) >= 11 is 0. The second-order valence-electron chi connectivity index (χ2n) is 15.1. The first-order valence-electron chi connectivity index (χ1n) is 17.7. The first kappa shape index (κ1) is 29.4. The Morgan fingerprint density at radius 3 is 2.35 bits per heavy atom. The molecule has 8 rings (SSSR count). The maximum Gasteiger partial charge on any atom is 0.222 e. The fraction of sp³-hybridized carbons (Fsp3) is 0.395. The van der Waals surface area contributed by atoms with Crippen LogP contribution in [0.5, 0.6) is 0 Å². The van der Waals surface area contributed by atoms with Crippen LogP contribution < -0.4 is 14.0 Å². The standard InChI is InChI=1S/C43H49N3/c1-8-11-15-29-20-22-35-38-32(29)23-25-46-40(38)39-34(41(35,4)5)16-14-17-36(39)43(28-42(46,9-2)10-3)27-30-19-21-31(44(6)7)26-33(30)37-18-12-13-24-45(37)43/h12-14,16-26H,8-11,15,27-28H2,1-7H3/q+2. The Labute approximate surface area is 275 Å². The Hall–Kier alpha value is -3.98. The number of aromatic nitrogens is 2. The normalized spacial score (nSPS) is 19.5. The molecule has 1 atom stereocenters. The van der Waals surface area contributed by atoms with Gasteiger partial charge in [0.2, 0.25) is 16.9 Å². The Morgan fingerprint density at radius 1 is 0.783 bits per heavy atom. The van der Waals surface area contributed by atoms with Crippen LogP contribution in [0.3, 0.4) is 0 Å². The van der Waals surface area contributed by atoms with Gasteiger partial charge in [-0.25, -0.2) is 0 Å². The van der Waals surface area contributed by atoms with Gasteiger partial charge < -0.3 is 4.90 Å². The van der Waals surface area contributed by atoms with Gasteiger partial charge in [0, 0.05) is 68.2 Å². The highest BCUT2D eigenvalue weighted by molar-refractivity contribution is 6.02. The molecule has 3 nitrogen and oxygen atoms in total. The minimum absolute atomic E-state index is 0.0425. The van der Waals surface area contributed by atoms with Crippen LogP contribution in [-0.2, 0) is 29.3 Å². The number of aryl methyl sites for hydroxylation is 1. The van der Waals surface area contributed by atoms with Gasteiger partial charge >= 0.3 is 0 Å². The molecule has 2 aliphatic heterocycles. The number of benzene rings is 3. The third kappa shape index (κ3) is 3.78. The lowest BCUT2D eigenvalue weighted by Gasteiger charge is -2.39. The predicted octanol–water partition coefficient (Wildman–Crippen LogP) is 9.02. The van der Waals surface area contributed by atoms with E-state index in [2.05, 4.69) is 148 Å². The van der Waals surface area contributed by atoms with Gasteiger partial charge in [0.05, 0.1) is 22.9 Å². The highest BCUT2D eigenvalue weighted by Gasteiger charge is 2.61. The van der Waals surface area contributed by atoms with Crippen molar-refractivity contribution in [2.75, 3.05) is 19.0 Å². The second kappa shape index (κ2) is 10.3. The van der Waals surface area contributed by atoms with E-state index in [9.17, 15) is 0 Å². The first-order chi connectivity index (χ1) is 22.2. The van der Waals surface area contributed by atoms with E-state index in [1.807, 2.05) is 0 Å². The van der Waals surface area contributed by atoms with Crippen molar-refractivity contribution in [2.45, 2.75) is 96.1 Å². The zero-order chi connectivity index (χ0) is 32.0. The lowest BCUT2D eigenvalue weighted by atomic mass is 9.65. The molecule has 1 aliphatic carbocycles. The van der Waals surface area contributed by atoms with Crippen LogP contribution in [0, 0.1) is 0 Å². The van der Waals surface area contributed by atoms with Gasteiger partial charge in [0.25, 0.3) is 0 Å². The van der Waals surface area contributed by atoms with Crippen molar-refractivity contribution >= 4 is 16.5 Å². The van der Waals surface area contributed by atoms with Crippen LogP contribution in [0.15, 0.2) is 85.2 Å². The molecule has 0 bridgehead atoms. The largest absolute Gasteiger partial charge is 0.378 e. The summed E-state index contributed by atoms with van der Waals surface area (Å²) in [6.45, 7) is 12.1. The van der Waals surface area contributed by atoms with Crippen molar-refractivity contribution in [1.29, 1.82) is 0 Å². The van der Waals surface area contributed by atoms with Gasteiger partial charge in [-0.05, 0) is 58.7 Å². The molecule has 234 valence electrons. The zero-order valence-electron chi connectivity index (χ0n) is 28.9. The Balaban J connectivity index is 1.52. The van der Waals surface area contributed by atoms with Crippen molar-refractivity contribution in [3.05, 3.63) is 113 Å². The van der Waals surface area contributed by atoms with Gasteiger partial charge in [-0.15, -0.1) is 0 Å². The van der Waals surface area contributed by atoms with Crippen molar-refractivity contribution in [2.24, 2.45) is 0 Å². The summed E-state index contributed by atoms with van der Waals surface area (Å²) in [4.78, 5) is 2.23. The zero-order valence-corrected chi connectivity index (χ0v) is 28.9. The third-order valence-electron chi connectivity index (χ3n) is 12.3. The number of pyridine rings is 2. The van der Waals surface area contributed by atoms with Crippen LogP contribution in [0.1, 0.15) is 94.5 Å². The van der Waals surface area contributed by atoms with E-state index in [0.29, 0.717) is 0 Å². The fourth-order valence-corrected chi connectivity index (χ4v) is 9.67. The SMILES string of the molecule is CCCCc1ccc2c3c4[n+](ccc13)C(CC)(CC)CC1(Cc3ccc(N(C)C)cc3-c3cccc[n+]31)c1cccc(c1-4)C2(C)C. The van der Waals surface area contributed by atoms with Crippen LogP contribution >= 0.6 is 0 Å². The Bertz CT molecular complexity index is 2030. The Kier molecular flexibility index (Phi) is 6.56. The minimum atomic E-state index is -0.230. The fourth-order valence-electron chi connectivity index (χ4n) is 9.67. The molecule has 3 aromatic carbocycles. The smallest absolute Gasteiger partial charge is 0.222 e. The molecule has 0 fully saturated rings. The number of rotatable bonds is 6. The molecule has 2 aromatic heterocycles. The lowest BCUT2D eigenvalue weighted by molar-refractivity contribution is -0.788. The van der Waals surface area contributed by atoms with Crippen LogP contribution in [0.25, 0.3) is 33.3 Å². The first-order valence-corrected chi connectivity index (χ1v) is 17.7. The molecular weight excluding hydrogens is 558 g/mol. The molecule has 5 aromatic rings. The molecule has 0 amide bonds. The van der Waals surface area contributed by atoms with Crippen molar-refractivity contribution in [3.63, 3.8) is 0 Å². The number of nitrogens with zero attached hydrogens (tertiary/aromatic N) is 3. The van der Waals surface area contributed by atoms with Gasteiger partial charge in [-0.1, -0.05) is 77.4 Å². The lowest BCUT2D eigenvalue weighted by Crippen LogP contribution is -2.66. The average Bonchev–Trinajstić information content (AvgIpc) is 3.18. The molecular formula is C43H49N3+2. The quantitative estimate of drug-likeness (QED) is 0.175. The van der Waals surface area contributed by atoms with E-state index in [0.717, 1.165) is 32.1 Å². The number of hydrogen-bond donors (Lipinski definition) is 0. The summed E-state index contributed by atoms with van der Waals surface area (Å²) < 4.78 is 5.46. The highest BCUT2D eigenvalue weighted by atomic mass is 15.1. The number of anilines is 1. The van der Waals surface area contributed by atoms with E-state index < -0.39 is 0 Å². The Morgan fingerprint density at radius 2 is 1.59 bits per heavy atom. The van der Waals surface area contributed by atoms with Gasteiger partial charge in [-0.2, -0.15) is 9.13 Å². The van der Waals surface area contributed by atoms with E-state index >= 15 is 0 Å². The minimum Gasteiger partial charge on any atom is -0.378 e. The maximum absolute atomic E-state index is 2.77. The molecule has 0 saturated carbocycles. The molecule has 4 heterocycles. The highest BCUT2D eigenvalue weighted by Crippen LogP contribution is 2.56. The molecule has 3 aliphatic rings. The van der Waals surface area contributed by atoms with Crippen molar-refractivity contribution < 1.29 is 9.13 Å². The summed E-state index contributed by atoms with van der Waals surface area (Å²) in [7, 11) is 4.29. The molecule has 0 radical (unpaired) electrons. The van der Waals surface area contributed by atoms with Crippen LogP contribution in [0.4, 0.5) is 5.69 Å². The second-order valence-corrected chi connectivity index (χ2v) is 15.1. The maximum atomic E-state index is 2.77. The van der Waals surface area contributed by atoms with Gasteiger partial charge in [0.15, 0.2) is 17.9 Å². The molecule has 1 unspecified atom stereocenters. The van der Waals surface area contributed by atoms with E-state index in [-0.39, 0.29) is 16.5 Å². The molecule has 1 spiro atoms. The summed E-state index contributed by atoms with van der Waals surface area (Å²) in [6.07, 6.45) is 12.6. The van der Waals surface area contributed by atoms with Crippen molar-refractivity contribution in [3.8, 4) is 22.5 Å². The van der Waals surface area contributed by atoms with Crippen LogP contribution in [-0.4, -0.2) is 14.1 Å². The van der Waals surface area contributed by atoms with E-state index in [1.165, 1.54) is 79.6 Å². The predicted molar refractivity (Wildman–Crippen MR) is 191 cm³/mol. The van der Waals surface area contributed by atoms with E-state index in [4.69, 9.17) is 0 Å².